The van der Waals surface area contributed by atoms with Gasteiger partial charge in [-0.25, -0.2) is 9.38 Å². The van der Waals surface area contributed by atoms with Crippen LogP contribution in [0.2, 0.25) is 0 Å². The van der Waals surface area contributed by atoms with E-state index in [2.05, 4.69) is 10.3 Å². The number of hydrogen-bond acceptors (Lipinski definition) is 6. The zero-order valence-electron chi connectivity index (χ0n) is 18.5. The van der Waals surface area contributed by atoms with Crippen molar-refractivity contribution in [3.05, 3.63) is 88.6 Å². The van der Waals surface area contributed by atoms with Gasteiger partial charge in [-0.05, 0) is 64.4 Å². The standard InChI is InChI=1S/C25H19FN2O4S.Na/c1-32-21-11-8-18(14-20(21)26)17-6-2-15(3-7-17)12-22-24(31)28-25(33-22)27-19-9-4-16(5-10-19)13-23(29)30;/h2-12,14H,13H2,1H3,(H,29,30)(H,27,28,31);/q;+1/p-1. The molecule has 166 valence electrons. The van der Waals surface area contributed by atoms with Gasteiger partial charge in [0.15, 0.2) is 16.7 Å². The number of halogens is 1. The van der Waals surface area contributed by atoms with Gasteiger partial charge in [-0.3, -0.25) is 4.79 Å². The molecule has 1 heterocycles. The van der Waals surface area contributed by atoms with Crippen LogP contribution in [0.25, 0.3) is 17.2 Å². The fourth-order valence-corrected chi connectivity index (χ4v) is 4.06. The molecular formula is C25H18FN2NaO4S. The van der Waals surface area contributed by atoms with Crippen molar-refractivity contribution in [3.8, 4) is 16.9 Å². The Morgan fingerprint density at radius 2 is 1.76 bits per heavy atom. The maximum Gasteiger partial charge on any atom is 1.00 e. The molecule has 6 nitrogen and oxygen atoms in total. The number of nitrogens with one attached hydrogen (secondary N) is 1. The molecule has 0 aromatic heterocycles. The molecule has 0 atom stereocenters. The number of rotatable bonds is 6. The smallest absolute Gasteiger partial charge is 0.550 e. The van der Waals surface area contributed by atoms with Crippen LogP contribution in [0.15, 0.2) is 76.6 Å². The number of carboxylic acids is 1. The van der Waals surface area contributed by atoms with E-state index in [-0.39, 0.29) is 47.6 Å². The minimum absolute atomic E-state index is 0. The molecule has 1 aliphatic rings. The second-order valence-corrected chi connectivity index (χ2v) is 8.20. The van der Waals surface area contributed by atoms with Crippen molar-refractivity contribution in [1.82, 2.24) is 5.32 Å². The Morgan fingerprint density at radius 1 is 1.09 bits per heavy atom. The number of hydrogen-bond donors (Lipinski definition) is 1. The Kier molecular flexibility index (Phi) is 8.68. The maximum atomic E-state index is 14.0. The summed E-state index contributed by atoms with van der Waals surface area (Å²) in [4.78, 5) is 27.9. The van der Waals surface area contributed by atoms with Crippen LogP contribution >= 0.6 is 11.8 Å². The van der Waals surface area contributed by atoms with Gasteiger partial charge in [0.05, 0.1) is 17.7 Å². The van der Waals surface area contributed by atoms with Gasteiger partial charge in [0.1, 0.15) is 0 Å². The minimum Gasteiger partial charge on any atom is -0.550 e. The summed E-state index contributed by atoms with van der Waals surface area (Å²) in [5.41, 5.74) is 3.59. The quantitative estimate of drug-likeness (QED) is 0.411. The summed E-state index contributed by atoms with van der Waals surface area (Å²) < 4.78 is 18.9. The average molecular weight is 484 g/mol. The van der Waals surface area contributed by atoms with E-state index in [1.165, 1.54) is 24.9 Å². The third kappa shape index (κ3) is 6.36. The number of methoxy groups -OCH3 is 1. The van der Waals surface area contributed by atoms with Crippen molar-refractivity contribution in [1.29, 1.82) is 0 Å². The Bertz CT molecular complexity index is 1280. The zero-order chi connectivity index (χ0) is 23.4. The molecule has 0 unspecified atom stereocenters. The van der Waals surface area contributed by atoms with E-state index in [4.69, 9.17) is 4.74 Å². The first-order valence-electron chi connectivity index (χ1n) is 9.93. The normalized spacial score (nSPS) is 15.2. The largest absolute Gasteiger partial charge is 1.00 e. The number of aliphatic carboxylic acids is 1. The molecule has 0 aliphatic carbocycles. The van der Waals surface area contributed by atoms with Gasteiger partial charge in [0, 0.05) is 12.4 Å². The molecule has 0 saturated carbocycles. The first-order chi connectivity index (χ1) is 15.9. The molecule has 1 fully saturated rings. The molecule has 3 aromatic rings. The first-order valence-corrected chi connectivity index (χ1v) is 10.8. The molecule has 1 aliphatic heterocycles. The van der Waals surface area contributed by atoms with Crippen LogP contribution in [0, 0.1) is 5.82 Å². The number of nitrogens with zero attached hydrogens (tertiary/aromatic N) is 1. The number of thioether (sulfide) groups is 1. The van der Waals surface area contributed by atoms with Crippen LogP contribution in [0.3, 0.4) is 0 Å². The van der Waals surface area contributed by atoms with Crippen molar-refractivity contribution in [2.75, 3.05) is 7.11 Å². The number of amidine groups is 1. The molecule has 0 radical (unpaired) electrons. The molecule has 0 spiro atoms. The van der Waals surface area contributed by atoms with Crippen molar-refractivity contribution in [2.24, 2.45) is 4.99 Å². The Balaban J connectivity index is 0.00000324. The Morgan fingerprint density at radius 3 is 2.38 bits per heavy atom. The average Bonchev–Trinajstić information content (AvgIpc) is 3.13. The van der Waals surface area contributed by atoms with Gasteiger partial charge >= 0.3 is 29.6 Å². The number of benzene rings is 3. The zero-order valence-corrected chi connectivity index (χ0v) is 21.3. The van der Waals surface area contributed by atoms with Gasteiger partial charge in [-0.15, -0.1) is 0 Å². The van der Waals surface area contributed by atoms with Gasteiger partial charge in [-0.2, -0.15) is 0 Å². The number of carbonyl (C=O) groups excluding carboxylic acids is 2. The van der Waals surface area contributed by atoms with Crippen molar-refractivity contribution in [2.45, 2.75) is 6.42 Å². The number of carboxylic acid groups (broad SMARTS) is 1. The molecule has 9 heteroatoms. The number of ether oxygens (including phenoxy) is 1. The predicted octanol–water partition coefficient (Wildman–Crippen LogP) is 0.689. The molecule has 3 aromatic carbocycles. The summed E-state index contributed by atoms with van der Waals surface area (Å²) >= 11 is 1.21. The molecule has 1 N–H and O–H groups in total. The summed E-state index contributed by atoms with van der Waals surface area (Å²) in [5, 5.41) is 13.8. The number of amides is 1. The van der Waals surface area contributed by atoms with E-state index >= 15 is 0 Å². The number of aliphatic imine (C=N–C) groups is 1. The van der Waals surface area contributed by atoms with Gasteiger partial charge in [0.25, 0.3) is 5.91 Å². The summed E-state index contributed by atoms with van der Waals surface area (Å²) in [5.74, 6) is -1.64. The van der Waals surface area contributed by atoms with E-state index in [0.29, 0.717) is 21.3 Å². The second kappa shape index (κ2) is 11.5. The summed E-state index contributed by atoms with van der Waals surface area (Å²) in [6, 6.07) is 18.9. The molecular weight excluding hydrogens is 466 g/mol. The van der Waals surface area contributed by atoms with Crippen molar-refractivity contribution >= 4 is 40.6 Å². The maximum absolute atomic E-state index is 14.0. The molecule has 4 rings (SSSR count). The number of carbonyl (C=O) groups is 2. The van der Waals surface area contributed by atoms with E-state index in [1.54, 1.807) is 42.5 Å². The van der Waals surface area contributed by atoms with Crippen LogP contribution in [-0.4, -0.2) is 24.2 Å². The van der Waals surface area contributed by atoms with Gasteiger partial charge in [-0.1, -0.05) is 42.5 Å². The van der Waals surface area contributed by atoms with Crippen molar-refractivity contribution < 1.29 is 53.4 Å². The van der Waals surface area contributed by atoms with E-state index in [0.717, 1.165) is 16.7 Å². The summed E-state index contributed by atoms with van der Waals surface area (Å²) in [6.07, 6.45) is 1.59. The molecule has 0 bridgehead atoms. The predicted molar refractivity (Wildman–Crippen MR) is 124 cm³/mol. The molecule has 1 amide bonds. The van der Waals surface area contributed by atoms with Crippen LogP contribution in [0.1, 0.15) is 11.1 Å². The third-order valence-electron chi connectivity index (χ3n) is 4.86. The fraction of sp³-hybridized carbons (Fsp3) is 0.0800. The first kappa shape index (κ1) is 25.7. The van der Waals surface area contributed by atoms with Crippen LogP contribution < -0.4 is 44.7 Å². The van der Waals surface area contributed by atoms with Crippen molar-refractivity contribution in [3.63, 3.8) is 0 Å². The molecule has 34 heavy (non-hydrogen) atoms. The minimum atomic E-state index is -1.15. The topological polar surface area (TPSA) is 90.8 Å². The van der Waals surface area contributed by atoms with Crippen LogP contribution in [-0.2, 0) is 16.0 Å². The summed E-state index contributed by atoms with van der Waals surface area (Å²) in [7, 11) is 1.42. The Labute approximate surface area is 222 Å². The Hall–Kier alpha value is -2.91. The van der Waals surface area contributed by atoms with E-state index < -0.39 is 11.8 Å². The van der Waals surface area contributed by atoms with Gasteiger partial charge < -0.3 is 20.0 Å². The monoisotopic (exact) mass is 484 g/mol. The second-order valence-electron chi connectivity index (χ2n) is 7.17. The van der Waals surface area contributed by atoms with Crippen LogP contribution in [0.5, 0.6) is 5.75 Å². The van der Waals surface area contributed by atoms with E-state index in [9.17, 15) is 19.1 Å². The van der Waals surface area contributed by atoms with Gasteiger partial charge in [0.2, 0.25) is 0 Å². The summed E-state index contributed by atoms with van der Waals surface area (Å²) in [6.45, 7) is 0. The fourth-order valence-electron chi connectivity index (χ4n) is 3.22. The van der Waals surface area contributed by atoms with Crippen LogP contribution in [0.4, 0.5) is 10.1 Å². The van der Waals surface area contributed by atoms with E-state index in [1.807, 2.05) is 24.3 Å². The molecule has 1 saturated heterocycles. The third-order valence-corrected chi connectivity index (χ3v) is 5.77. The SMILES string of the molecule is COc1ccc(-c2ccc(C=C3SC(=Nc4ccc(CC(=O)[O-])cc4)NC3=O)cc2)cc1F.[Na+].